The van der Waals surface area contributed by atoms with Gasteiger partial charge in [-0.1, -0.05) is 78.9 Å². The Kier molecular flexibility index (Phi) is 11.8. The fourth-order valence-corrected chi connectivity index (χ4v) is 4.92. The van der Waals surface area contributed by atoms with Crippen LogP contribution in [0.1, 0.15) is 29.5 Å². The summed E-state index contributed by atoms with van der Waals surface area (Å²) in [5.41, 5.74) is 5.05. The number of carbonyl (C=O) groups excluding carboxylic acids is 6. The molecule has 0 heterocycles. The smallest absolute Gasteiger partial charge is 0.407 e. The molecule has 0 saturated carbocycles. The predicted octanol–water partition coefficient (Wildman–Crippen LogP) is 1.12. The van der Waals surface area contributed by atoms with Crippen molar-refractivity contribution in [3.8, 4) is 11.1 Å². The van der Waals surface area contributed by atoms with Crippen molar-refractivity contribution in [3.63, 3.8) is 0 Å². The van der Waals surface area contributed by atoms with Gasteiger partial charge < -0.3 is 36.1 Å². The van der Waals surface area contributed by atoms with Gasteiger partial charge in [0.2, 0.25) is 23.6 Å². The van der Waals surface area contributed by atoms with Crippen molar-refractivity contribution >= 4 is 35.7 Å². The van der Waals surface area contributed by atoms with Crippen LogP contribution in [0.25, 0.3) is 11.1 Å². The van der Waals surface area contributed by atoms with Crippen molar-refractivity contribution in [3.05, 3.63) is 95.6 Å². The molecule has 0 saturated heterocycles. The SMILES string of the molecule is CC(=O)OCNC(=O)CNC(=O)[C@H](Cc1ccccc1)NC(=O)CNC(=O)CNC(=O)OCC1c2ccccc2-c2ccccc21. The molecule has 0 fully saturated rings. The molecule has 3 aromatic rings. The van der Waals surface area contributed by atoms with Gasteiger partial charge in [-0.25, -0.2) is 4.79 Å². The number of esters is 1. The summed E-state index contributed by atoms with van der Waals surface area (Å²) in [5, 5.41) is 12.1. The monoisotopic (exact) mass is 629 g/mol. The lowest BCUT2D eigenvalue weighted by molar-refractivity contribution is -0.143. The van der Waals surface area contributed by atoms with Gasteiger partial charge in [-0.2, -0.15) is 0 Å². The number of fused-ring (bicyclic) bond motifs is 3. The van der Waals surface area contributed by atoms with Gasteiger partial charge in [0, 0.05) is 19.3 Å². The van der Waals surface area contributed by atoms with Crippen LogP contribution in [0, 0.1) is 0 Å². The third-order valence-corrected chi connectivity index (χ3v) is 7.09. The summed E-state index contributed by atoms with van der Waals surface area (Å²) in [4.78, 5) is 72.9. The van der Waals surface area contributed by atoms with Gasteiger partial charge >= 0.3 is 12.1 Å². The first-order valence-electron chi connectivity index (χ1n) is 14.6. The Hall–Kier alpha value is -5.72. The first-order valence-corrected chi connectivity index (χ1v) is 14.6. The van der Waals surface area contributed by atoms with E-state index in [9.17, 15) is 28.8 Å². The summed E-state index contributed by atoms with van der Waals surface area (Å²) in [6.07, 6.45) is -0.664. The Morgan fingerprint density at radius 3 is 1.87 bits per heavy atom. The van der Waals surface area contributed by atoms with Gasteiger partial charge in [-0.15, -0.1) is 0 Å². The number of hydrogen-bond donors (Lipinski definition) is 5. The van der Waals surface area contributed by atoms with Gasteiger partial charge in [0.05, 0.1) is 13.1 Å². The van der Waals surface area contributed by atoms with Crippen LogP contribution >= 0.6 is 0 Å². The van der Waals surface area contributed by atoms with Crippen LogP contribution < -0.4 is 26.6 Å². The van der Waals surface area contributed by atoms with Crippen molar-refractivity contribution in [2.75, 3.05) is 33.0 Å². The average Bonchev–Trinajstić information content (AvgIpc) is 3.37. The van der Waals surface area contributed by atoms with Gasteiger partial charge in [0.15, 0.2) is 6.73 Å². The van der Waals surface area contributed by atoms with Crippen molar-refractivity contribution in [2.45, 2.75) is 25.3 Å². The summed E-state index contributed by atoms with van der Waals surface area (Å²) in [6, 6.07) is 23.7. The number of ether oxygens (including phenoxy) is 2. The van der Waals surface area contributed by atoms with Crippen LogP contribution in [0.15, 0.2) is 78.9 Å². The van der Waals surface area contributed by atoms with Gasteiger partial charge in [0.1, 0.15) is 19.2 Å². The van der Waals surface area contributed by atoms with Crippen molar-refractivity contribution in [2.24, 2.45) is 0 Å². The number of carbonyl (C=O) groups is 6. The maximum Gasteiger partial charge on any atom is 0.407 e. The third-order valence-electron chi connectivity index (χ3n) is 7.09. The lowest BCUT2D eigenvalue weighted by Crippen LogP contribution is -2.52. The maximum atomic E-state index is 12.8. The van der Waals surface area contributed by atoms with E-state index in [1.165, 1.54) is 6.92 Å². The molecule has 0 spiro atoms. The molecule has 1 aliphatic rings. The lowest BCUT2D eigenvalue weighted by Gasteiger charge is -2.19. The van der Waals surface area contributed by atoms with E-state index in [4.69, 9.17) is 4.74 Å². The second kappa shape index (κ2) is 16.4. The number of benzene rings is 3. The second-order valence-electron chi connectivity index (χ2n) is 10.4. The quantitative estimate of drug-likeness (QED) is 0.130. The molecule has 13 heteroatoms. The highest BCUT2D eigenvalue weighted by Gasteiger charge is 2.29. The largest absolute Gasteiger partial charge is 0.449 e. The van der Waals surface area contributed by atoms with Gasteiger partial charge in [-0.3, -0.25) is 24.0 Å². The Bertz CT molecular complexity index is 1530. The summed E-state index contributed by atoms with van der Waals surface area (Å²) in [7, 11) is 0. The normalized spacial score (nSPS) is 12.0. The highest BCUT2D eigenvalue weighted by atomic mass is 16.5. The Balaban J connectivity index is 1.21. The molecule has 1 atom stereocenters. The van der Waals surface area contributed by atoms with E-state index in [2.05, 4.69) is 31.3 Å². The second-order valence-corrected chi connectivity index (χ2v) is 10.4. The molecule has 46 heavy (non-hydrogen) atoms. The van der Waals surface area contributed by atoms with Gasteiger partial charge in [0.25, 0.3) is 0 Å². The average molecular weight is 630 g/mol. The molecule has 1 aliphatic carbocycles. The Morgan fingerprint density at radius 2 is 1.22 bits per heavy atom. The van der Waals surface area contributed by atoms with E-state index >= 15 is 0 Å². The molecule has 0 bridgehead atoms. The van der Waals surface area contributed by atoms with Crippen LogP contribution in [0.4, 0.5) is 4.79 Å². The number of alkyl carbamates (subject to hydrolysis) is 1. The Morgan fingerprint density at radius 1 is 0.652 bits per heavy atom. The third kappa shape index (κ3) is 9.64. The summed E-state index contributed by atoms with van der Waals surface area (Å²) in [5.74, 6) is -3.25. The highest BCUT2D eigenvalue weighted by Crippen LogP contribution is 2.44. The molecular formula is C33H35N5O8. The van der Waals surface area contributed by atoms with E-state index in [-0.39, 0.29) is 25.7 Å². The van der Waals surface area contributed by atoms with E-state index in [0.717, 1.165) is 27.8 Å². The zero-order valence-electron chi connectivity index (χ0n) is 25.2. The van der Waals surface area contributed by atoms with Crippen LogP contribution in [0.3, 0.4) is 0 Å². The number of amides is 5. The fourth-order valence-electron chi connectivity index (χ4n) is 4.92. The minimum atomic E-state index is -1.06. The molecule has 13 nitrogen and oxygen atoms in total. The minimum Gasteiger partial charge on any atom is -0.449 e. The van der Waals surface area contributed by atoms with Crippen LogP contribution in [0.2, 0.25) is 0 Å². The predicted molar refractivity (Wildman–Crippen MR) is 166 cm³/mol. The molecule has 240 valence electrons. The van der Waals surface area contributed by atoms with Crippen molar-refractivity contribution in [1.29, 1.82) is 0 Å². The lowest BCUT2D eigenvalue weighted by atomic mass is 9.98. The van der Waals surface area contributed by atoms with E-state index in [0.29, 0.717) is 0 Å². The summed E-state index contributed by atoms with van der Waals surface area (Å²) in [6.45, 7) is -0.381. The molecule has 0 aromatic heterocycles. The first-order chi connectivity index (χ1) is 22.2. The highest BCUT2D eigenvalue weighted by molar-refractivity contribution is 5.92. The number of rotatable bonds is 14. The van der Waals surface area contributed by atoms with Crippen molar-refractivity contribution in [1.82, 2.24) is 26.6 Å². The molecule has 3 aromatic carbocycles. The first kappa shape index (κ1) is 33.2. The summed E-state index contributed by atoms with van der Waals surface area (Å²) >= 11 is 0. The summed E-state index contributed by atoms with van der Waals surface area (Å²) < 4.78 is 10.0. The zero-order valence-corrected chi connectivity index (χ0v) is 25.2. The van der Waals surface area contributed by atoms with Crippen LogP contribution in [0.5, 0.6) is 0 Å². The van der Waals surface area contributed by atoms with Gasteiger partial charge in [-0.05, 0) is 27.8 Å². The molecule has 0 unspecified atom stereocenters. The minimum absolute atomic E-state index is 0.0859. The molecular weight excluding hydrogens is 594 g/mol. The van der Waals surface area contributed by atoms with E-state index in [1.807, 2.05) is 48.5 Å². The number of hydrogen-bond acceptors (Lipinski definition) is 8. The zero-order chi connectivity index (χ0) is 32.9. The molecule has 5 N–H and O–H groups in total. The molecule has 4 rings (SSSR count). The van der Waals surface area contributed by atoms with E-state index in [1.54, 1.807) is 30.3 Å². The molecule has 0 aliphatic heterocycles. The van der Waals surface area contributed by atoms with Crippen LogP contribution in [-0.4, -0.2) is 74.7 Å². The topological polar surface area (TPSA) is 181 Å². The molecule has 0 radical (unpaired) electrons. The Labute approximate surface area is 265 Å². The van der Waals surface area contributed by atoms with E-state index < -0.39 is 61.4 Å². The fraction of sp³-hybridized carbons (Fsp3) is 0.273. The standard InChI is InChI=1S/C33H35N5O8/c1-21(39)46-20-37-30(41)16-35-32(43)28(15-22-9-3-2-4-10-22)38-31(42)18-34-29(40)17-36-33(44)45-19-27-25-13-7-5-11-23(25)24-12-6-8-14-26(24)27/h2-14,27-28H,15-20H2,1H3,(H,34,40)(H,35,43)(H,36,44)(H,37,41)(H,38,42)/t28-/m0/s1. The van der Waals surface area contributed by atoms with Crippen LogP contribution in [-0.2, 0) is 39.9 Å². The maximum absolute atomic E-state index is 12.8. The van der Waals surface area contributed by atoms with Crippen molar-refractivity contribution < 1.29 is 38.2 Å². The molecule has 5 amide bonds. The number of nitrogens with one attached hydrogen (secondary N) is 5.